The van der Waals surface area contributed by atoms with Crippen molar-refractivity contribution in [2.75, 3.05) is 18.0 Å². The number of para-hydroxylation sites is 1. The van der Waals surface area contributed by atoms with Crippen molar-refractivity contribution in [2.24, 2.45) is 5.92 Å². The molecule has 2 aliphatic rings. The molecular formula is C26H24N4O3. The molecule has 1 atom stereocenters. The third-order valence-corrected chi connectivity index (χ3v) is 6.62. The number of carbonyl (C=O) groups is 2. The first-order valence-corrected chi connectivity index (χ1v) is 11.3. The number of rotatable bonds is 5. The second kappa shape index (κ2) is 7.62. The topological polar surface area (TPSA) is 82.4 Å². The third kappa shape index (κ3) is 3.40. The van der Waals surface area contributed by atoms with Crippen molar-refractivity contribution in [1.29, 1.82) is 0 Å². The van der Waals surface area contributed by atoms with Gasteiger partial charge in [0.1, 0.15) is 17.0 Å². The maximum absolute atomic E-state index is 13.1. The second-order valence-corrected chi connectivity index (χ2v) is 8.93. The van der Waals surface area contributed by atoms with E-state index in [4.69, 9.17) is 4.42 Å². The maximum atomic E-state index is 13.1. The van der Waals surface area contributed by atoms with E-state index in [-0.39, 0.29) is 17.9 Å². The number of nitrogens with zero attached hydrogens (tertiary/aromatic N) is 3. The molecule has 0 saturated heterocycles. The predicted molar refractivity (Wildman–Crippen MR) is 127 cm³/mol. The number of hydrogen-bond acceptors (Lipinski definition) is 4. The molecule has 7 nitrogen and oxygen atoms in total. The maximum Gasteiger partial charge on any atom is 0.289 e. The number of benzene rings is 1. The number of aromatic amines is 1. The molecule has 1 aromatic carbocycles. The van der Waals surface area contributed by atoms with E-state index in [0.29, 0.717) is 24.7 Å². The zero-order valence-electron chi connectivity index (χ0n) is 18.3. The molecule has 33 heavy (non-hydrogen) atoms. The van der Waals surface area contributed by atoms with Crippen molar-refractivity contribution >= 4 is 45.7 Å². The van der Waals surface area contributed by atoms with Gasteiger partial charge in [0.15, 0.2) is 5.76 Å². The molecule has 0 spiro atoms. The van der Waals surface area contributed by atoms with E-state index < -0.39 is 0 Å². The van der Waals surface area contributed by atoms with Gasteiger partial charge in [-0.25, -0.2) is 4.98 Å². The van der Waals surface area contributed by atoms with Crippen molar-refractivity contribution in [2.45, 2.75) is 25.8 Å². The van der Waals surface area contributed by atoms with E-state index in [1.165, 1.54) is 5.57 Å². The minimum absolute atomic E-state index is 0.101. The van der Waals surface area contributed by atoms with E-state index in [9.17, 15) is 9.59 Å². The lowest BCUT2D eigenvalue weighted by atomic mass is 9.89. The van der Waals surface area contributed by atoms with E-state index >= 15 is 0 Å². The lowest BCUT2D eigenvalue weighted by Crippen LogP contribution is -2.38. The van der Waals surface area contributed by atoms with Gasteiger partial charge in [-0.2, -0.15) is 0 Å². The van der Waals surface area contributed by atoms with Crippen molar-refractivity contribution in [3.05, 3.63) is 66.1 Å². The summed E-state index contributed by atoms with van der Waals surface area (Å²) >= 11 is 0. The zero-order chi connectivity index (χ0) is 22.5. The van der Waals surface area contributed by atoms with Crippen LogP contribution in [0.5, 0.6) is 0 Å². The molecule has 6 rings (SSSR count). The molecule has 1 N–H and O–H groups in total. The number of H-pyrrole nitrogens is 1. The number of amides is 2. The van der Waals surface area contributed by atoms with Crippen molar-refractivity contribution in [3.63, 3.8) is 0 Å². The summed E-state index contributed by atoms with van der Waals surface area (Å²) in [4.78, 5) is 36.3. The van der Waals surface area contributed by atoms with E-state index in [0.717, 1.165) is 46.8 Å². The molecule has 1 aliphatic carbocycles. The summed E-state index contributed by atoms with van der Waals surface area (Å²) in [5, 5.41) is 1.95. The van der Waals surface area contributed by atoms with Crippen LogP contribution < -0.4 is 4.90 Å². The van der Waals surface area contributed by atoms with Gasteiger partial charge in [0, 0.05) is 36.1 Å². The quantitative estimate of drug-likeness (QED) is 0.460. The number of aromatic nitrogens is 2. The van der Waals surface area contributed by atoms with Crippen molar-refractivity contribution in [3.8, 4) is 0 Å². The Labute approximate surface area is 190 Å². The molecular weight excluding hydrogens is 416 g/mol. The molecule has 3 aromatic heterocycles. The molecule has 1 unspecified atom stereocenters. The van der Waals surface area contributed by atoms with Crippen LogP contribution in [-0.2, 0) is 4.79 Å². The number of hydrogen-bond donors (Lipinski definition) is 1. The normalized spacial score (nSPS) is 18.5. The molecule has 0 radical (unpaired) electrons. The number of fused-ring (bicyclic) bond motifs is 2. The van der Waals surface area contributed by atoms with Crippen LogP contribution in [0.1, 0.15) is 35.9 Å². The SMILES string of the molecule is CC1CN(C(=O)c2cc3ccccc3o2)CC=C1c1cc(N(C=O)C2CC2)nc2[nH]ccc12. The summed E-state index contributed by atoms with van der Waals surface area (Å²) in [6.45, 7) is 3.21. The fourth-order valence-corrected chi connectivity index (χ4v) is 4.77. The molecule has 1 saturated carbocycles. The molecule has 166 valence electrons. The van der Waals surface area contributed by atoms with Gasteiger partial charge in [-0.15, -0.1) is 0 Å². The molecule has 7 heteroatoms. The van der Waals surface area contributed by atoms with Crippen LogP contribution >= 0.6 is 0 Å². The van der Waals surface area contributed by atoms with Crippen molar-refractivity contribution in [1.82, 2.24) is 14.9 Å². The fourth-order valence-electron chi connectivity index (χ4n) is 4.77. The van der Waals surface area contributed by atoms with E-state index in [1.807, 2.05) is 53.6 Å². The summed E-state index contributed by atoms with van der Waals surface area (Å²) in [5.41, 5.74) is 3.71. The van der Waals surface area contributed by atoms with Gasteiger partial charge >= 0.3 is 0 Å². The van der Waals surface area contributed by atoms with Gasteiger partial charge in [-0.05, 0) is 54.2 Å². The van der Waals surface area contributed by atoms with Gasteiger partial charge in [0.05, 0.1) is 0 Å². The summed E-state index contributed by atoms with van der Waals surface area (Å²) in [5.74, 6) is 1.05. The monoisotopic (exact) mass is 440 g/mol. The molecule has 4 aromatic rings. The largest absolute Gasteiger partial charge is 0.451 e. The Hall–Kier alpha value is -3.87. The summed E-state index contributed by atoms with van der Waals surface area (Å²) < 4.78 is 5.80. The number of pyridine rings is 1. The summed E-state index contributed by atoms with van der Waals surface area (Å²) in [6, 6.07) is 13.7. The number of furan rings is 1. The van der Waals surface area contributed by atoms with Crippen LogP contribution in [0.4, 0.5) is 5.82 Å². The van der Waals surface area contributed by atoms with Crippen LogP contribution in [-0.4, -0.2) is 46.3 Å². The zero-order valence-corrected chi connectivity index (χ0v) is 18.3. The van der Waals surface area contributed by atoms with Crippen LogP contribution in [0.25, 0.3) is 27.6 Å². The Morgan fingerprint density at radius 1 is 1.24 bits per heavy atom. The predicted octanol–water partition coefficient (Wildman–Crippen LogP) is 4.61. The number of anilines is 1. The molecule has 0 bridgehead atoms. The summed E-state index contributed by atoms with van der Waals surface area (Å²) in [6.07, 6.45) is 6.89. The molecule has 1 aliphatic heterocycles. The highest BCUT2D eigenvalue weighted by atomic mass is 16.3. The first-order chi connectivity index (χ1) is 16.1. The van der Waals surface area contributed by atoms with Gasteiger partial charge in [-0.3, -0.25) is 14.5 Å². The van der Waals surface area contributed by atoms with Gasteiger partial charge < -0.3 is 14.3 Å². The average molecular weight is 441 g/mol. The average Bonchev–Trinajstić information content (AvgIpc) is 3.38. The van der Waals surface area contributed by atoms with Crippen LogP contribution in [0.15, 0.2) is 59.2 Å². The van der Waals surface area contributed by atoms with Crippen LogP contribution in [0, 0.1) is 5.92 Å². The lowest BCUT2D eigenvalue weighted by molar-refractivity contribution is -0.107. The highest BCUT2D eigenvalue weighted by Crippen LogP contribution is 2.37. The van der Waals surface area contributed by atoms with Crippen LogP contribution in [0.2, 0.25) is 0 Å². The lowest BCUT2D eigenvalue weighted by Gasteiger charge is -2.31. The van der Waals surface area contributed by atoms with Gasteiger partial charge in [0.2, 0.25) is 6.41 Å². The smallest absolute Gasteiger partial charge is 0.289 e. The highest BCUT2D eigenvalue weighted by molar-refractivity contribution is 5.98. The van der Waals surface area contributed by atoms with Crippen LogP contribution in [0.3, 0.4) is 0 Å². The van der Waals surface area contributed by atoms with Gasteiger partial charge in [-0.1, -0.05) is 31.2 Å². The Morgan fingerprint density at radius 3 is 2.85 bits per heavy atom. The van der Waals surface area contributed by atoms with E-state index in [1.54, 1.807) is 4.90 Å². The number of nitrogens with one attached hydrogen (secondary N) is 1. The number of carbonyl (C=O) groups excluding carboxylic acids is 2. The van der Waals surface area contributed by atoms with Crippen molar-refractivity contribution < 1.29 is 14.0 Å². The Balaban J connectivity index is 1.33. The molecule has 1 fully saturated rings. The van der Waals surface area contributed by atoms with Gasteiger partial charge in [0.25, 0.3) is 5.91 Å². The fraction of sp³-hybridized carbons (Fsp3) is 0.269. The first-order valence-electron chi connectivity index (χ1n) is 11.3. The Bertz CT molecular complexity index is 1380. The summed E-state index contributed by atoms with van der Waals surface area (Å²) in [7, 11) is 0. The third-order valence-electron chi connectivity index (χ3n) is 6.62. The Morgan fingerprint density at radius 2 is 2.09 bits per heavy atom. The molecule has 2 amide bonds. The minimum atomic E-state index is -0.101. The molecule has 4 heterocycles. The highest BCUT2D eigenvalue weighted by Gasteiger charge is 2.32. The van der Waals surface area contributed by atoms with E-state index in [2.05, 4.69) is 23.0 Å². The first kappa shape index (κ1) is 19.8. The Kier molecular flexibility index (Phi) is 4.57. The minimum Gasteiger partial charge on any atom is -0.451 e. The second-order valence-electron chi connectivity index (χ2n) is 8.93. The standard InChI is InChI=1S/C26H24N4O3/c1-16-14-29(26(32)23-12-17-4-2-3-5-22(17)33-23)11-9-19(16)21-13-24(30(15-31)18-6-7-18)28-25-20(21)8-10-27-25/h2-5,8-10,12-13,15-16,18H,6-7,11,14H2,1H3,(H,27,28).